The molecule has 3 heteroatoms. The predicted molar refractivity (Wildman–Crippen MR) is 45.5 cm³/mol. The van der Waals surface area contributed by atoms with Gasteiger partial charge in [0.2, 0.25) is 0 Å². The number of ether oxygens (including phenoxy) is 1. The van der Waals surface area contributed by atoms with Crippen molar-refractivity contribution in [2.45, 2.75) is 12.8 Å². The Morgan fingerprint density at radius 3 is 3.08 bits per heavy atom. The maximum atomic E-state index is 11.1. The van der Waals surface area contributed by atoms with Crippen LogP contribution >= 0.6 is 0 Å². The molecule has 1 aliphatic heterocycles. The molecule has 0 aromatic carbocycles. The highest BCUT2D eigenvalue weighted by molar-refractivity contribution is 5.67. The number of hydrogen-bond donors (Lipinski definition) is 0. The van der Waals surface area contributed by atoms with Gasteiger partial charge in [0.1, 0.15) is 0 Å². The van der Waals surface area contributed by atoms with Gasteiger partial charge in [-0.25, -0.2) is 4.79 Å². The monoisotopic (exact) mass is 167 g/mol. The summed E-state index contributed by atoms with van der Waals surface area (Å²) in [5.74, 6) is 2.87. The molecule has 12 heavy (non-hydrogen) atoms. The fourth-order valence-corrected chi connectivity index (χ4v) is 1.41. The van der Waals surface area contributed by atoms with Gasteiger partial charge in [0.15, 0.2) is 0 Å². The second-order valence-electron chi connectivity index (χ2n) is 2.92. The Morgan fingerprint density at radius 2 is 2.50 bits per heavy atom. The molecule has 1 amide bonds. The highest BCUT2D eigenvalue weighted by Crippen LogP contribution is 2.15. The number of methoxy groups -OCH3 is 1. The molecular formula is C9H13NO2. The molecule has 0 unspecified atom stereocenters. The molecule has 0 saturated carbocycles. The largest absolute Gasteiger partial charge is 0.453 e. The van der Waals surface area contributed by atoms with E-state index in [2.05, 4.69) is 10.7 Å². The Bertz CT molecular complexity index is 207. The van der Waals surface area contributed by atoms with Crippen molar-refractivity contribution in [3.05, 3.63) is 0 Å². The van der Waals surface area contributed by atoms with Gasteiger partial charge < -0.3 is 9.64 Å². The summed E-state index contributed by atoms with van der Waals surface area (Å²) in [5, 5.41) is 0. The van der Waals surface area contributed by atoms with Crippen molar-refractivity contribution in [2.75, 3.05) is 20.2 Å². The minimum Gasteiger partial charge on any atom is -0.453 e. The number of piperidine rings is 1. The first-order valence-corrected chi connectivity index (χ1v) is 4.07. The molecule has 0 aromatic heterocycles. The van der Waals surface area contributed by atoms with Crippen LogP contribution in [0.5, 0.6) is 0 Å². The van der Waals surface area contributed by atoms with Crippen LogP contribution < -0.4 is 0 Å². The summed E-state index contributed by atoms with van der Waals surface area (Å²) in [6.07, 6.45) is 7.00. The van der Waals surface area contributed by atoms with Gasteiger partial charge in [0, 0.05) is 19.0 Å². The van der Waals surface area contributed by atoms with Gasteiger partial charge >= 0.3 is 6.09 Å². The van der Waals surface area contributed by atoms with Crippen molar-refractivity contribution >= 4 is 6.09 Å². The molecule has 0 bridgehead atoms. The Hall–Kier alpha value is -1.17. The SMILES string of the molecule is C#C[C@@H]1CCCN(C(=O)OC)C1. The standard InChI is InChI=1S/C9H13NO2/c1-3-8-5-4-6-10(7-8)9(11)12-2/h1,8H,4-7H2,2H3/t8-/m1/s1. The van der Waals surface area contributed by atoms with Gasteiger partial charge in [-0.2, -0.15) is 0 Å². The first kappa shape index (κ1) is 8.92. The second-order valence-corrected chi connectivity index (χ2v) is 2.92. The molecule has 0 N–H and O–H groups in total. The van der Waals surface area contributed by atoms with Gasteiger partial charge in [0.25, 0.3) is 0 Å². The molecule has 1 rings (SSSR count). The molecular weight excluding hydrogens is 154 g/mol. The Morgan fingerprint density at radius 1 is 1.75 bits per heavy atom. The maximum Gasteiger partial charge on any atom is 0.409 e. The van der Waals surface area contributed by atoms with Crippen molar-refractivity contribution in [2.24, 2.45) is 5.92 Å². The van der Waals surface area contributed by atoms with E-state index in [1.54, 1.807) is 4.90 Å². The lowest BCUT2D eigenvalue weighted by Gasteiger charge is -2.28. The quantitative estimate of drug-likeness (QED) is 0.505. The molecule has 1 heterocycles. The summed E-state index contributed by atoms with van der Waals surface area (Å²) >= 11 is 0. The van der Waals surface area contributed by atoms with Crippen molar-refractivity contribution in [1.82, 2.24) is 4.90 Å². The van der Waals surface area contributed by atoms with Gasteiger partial charge in [-0.1, -0.05) is 0 Å². The fraction of sp³-hybridized carbons (Fsp3) is 0.667. The number of likely N-dealkylation sites (tertiary alicyclic amines) is 1. The Balaban J connectivity index is 2.47. The number of rotatable bonds is 0. The summed E-state index contributed by atoms with van der Waals surface area (Å²) in [5.41, 5.74) is 0. The van der Waals surface area contributed by atoms with Crippen molar-refractivity contribution in [3.63, 3.8) is 0 Å². The molecule has 1 saturated heterocycles. The second kappa shape index (κ2) is 4.01. The lowest BCUT2D eigenvalue weighted by atomic mass is 10.00. The van der Waals surface area contributed by atoms with Crippen LogP contribution in [0.2, 0.25) is 0 Å². The molecule has 0 aliphatic carbocycles. The molecule has 0 aromatic rings. The minimum atomic E-state index is -0.269. The molecule has 1 atom stereocenters. The molecule has 0 spiro atoms. The number of hydrogen-bond acceptors (Lipinski definition) is 2. The van der Waals surface area contributed by atoms with Crippen molar-refractivity contribution in [1.29, 1.82) is 0 Å². The smallest absolute Gasteiger partial charge is 0.409 e. The summed E-state index contributed by atoms with van der Waals surface area (Å²) in [4.78, 5) is 12.7. The zero-order valence-electron chi connectivity index (χ0n) is 7.25. The number of nitrogens with zero attached hydrogens (tertiary/aromatic N) is 1. The van der Waals surface area contributed by atoms with E-state index in [1.807, 2.05) is 0 Å². The van der Waals surface area contributed by atoms with Crippen LogP contribution in [0, 0.1) is 18.3 Å². The third-order valence-corrected chi connectivity index (χ3v) is 2.09. The van der Waals surface area contributed by atoms with E-state index in [4.69, 9.17) is 6.42 Å². The zero-order chi connectivity index (χ0) is 8.97. The van der Waals surface area contributed by atoms with Crippen LogP contribution in [0.3, 0.4) is 0 Å². The Labute approximate surface area is 72.7 Å². The number of carbonyl (C=O) groups excluding carboxylic acids is 1. The van der Waals surface area contributed by atoms with Crippen LogP contribution in [0.25, 0.3) is 0 Å². The first-order valence-electron chi connectivity index (χ1n) is 4.07. The van der Waals surface area contributed by atoms with Crippen LogP contribution in [0.15, 0.2) is 0 Å². The van der Waals surface area contributed by atoms with Gasteiger partial charge in [-0.05, 0) is 12.8 Å². The summed E-state index contributed by atoms with van der Waals surface area (Å²) in [7, 11) is 1.39. The average Bonchev–Trinajstić information content (AvgIpc) is 2.17. The topological polar surface area (TPSA) is 29.5 Å². The van der Waals surface area contributed by atoms with Gasteiger partial charge in [0.05, 0.1) is 7.11 Å². The highest BCUT2D eigenvalue weighted by Gasteiger charge is 2.22. The number of carbonyl (C=O) groups is 1. The summed E-state index contributed by atoms with van der Waals surface area (Å²) in [6.45, 7) is 1.41. The van der Waals surface area contributed by atoms with E-state index in [1.165, 1.54) is 7.11 Å². The van der Waals surface area contributed by atoms with Crippen molar-refractivity contribution < 1.29 is 9.53 Å². The fourth-order valence-electron chi connectivity index (χ4n) is 1.41. The van der Waals surface area contributed by atoms with Gasteiger partial charge in [-0.15, -0.1) is 12.3 Å². The normalized spacial score (nSPS) is 23.0. The van der Waals surface area contributed by atoms with E-state index >= 15 is 0 Å². The van der Waals surface area contributed by atoms with Crippen LogP contribution in [0.1, 0.15) is 12.8 Å². The lowest BCUT2D eigenvalue weighted by Crippen LogP contribution is -2.39. The van der Waals surface area contributed by atoms with E-state index in [0.29, 0.717) is 6.54 Å². The van der Waals surface area contributed by atoms with Crippen molar-refractivity contribution in [3.8, 4) is 12.3 Å². The van der Waals surface area contributed by atoms with E-state index in [0.717, 1.165) is 19.4 Å². The summed E-state index contributed by atoms with van der Waals surface area (Å²) in [6, 6.07) is 0. The Kier molecular flexibility index (Phi) is 2.98. The van der Waals surface area contributed by atoms with Gasteiger partial charge in [-0.3, -0.25) is 0 Å². The first-order chi connectivity index (χ1) is 5.77. The molecule has 3 nitrogen and oxygen atoms in total. The highest BCUT2D eigenvalue weighted by atomic mass is 16.5. The van der Waals surface area contributed by atoms with Crippen LogP contribution in [-0.4, -0.2) is 31.2 Å². The molecule has 1 aliphatic rings. The van der Waals surface area contributed by atoms with E-state index < -0.39 is 0 Å². The zero-order valence-corrected chi connectivity index (χ0v) is 7.25. The van der Waals surface area contributed by atoms with E-state index in [-0.39, 0.29) is 12.0 Å². The third-order valence-electron chi connectivity index (χ3n) is 2.09. The lowest BCUT2D eigenvalue weighted by molar-refractivity contribution is 0.109. The molecule has 66 valence electrons. The van der Waals surface area contributed by atoms with Crippen LogP contribution in [0.4, 0.5) is 4.79 Å². The number of amides is 1. The maximum absolute atomic E-state index is 11.1. The third kappa shape index (κ3) is 1.91. The molecule has 1 fully saturated rings. The molecule has 0 radical (unpaired) electrons. The van der Waals surface area contributed by atoms with Crippen LogP contribution in [-0.2, 0) is 4.74 Å². The summed E-state index contributed by atoms with van der Waals surface area (Å²) < 4.78 is 4.60. The average molecular weight is 167 g/mol. The predicted octanol–water partition coefficient (Wildman–Crippen LogP) is 1.10. The number of terminal acetylenes is 1. The minimum absolute atomic E-state index is 0.206. The van der Waals surface area contributed by atoms with E-state index in [9.17, 15) is 4.79 Å².